The zero-order valence-electron chi connectivity index (χ0n) is 7.55. The standard InChI is InChI=1S/C9H16N2O/c1-3-5-11(9(12)4-2)8-6-10-7-8/h4,8,10H,2-3,5-7H2,1H3. The van der Waals surface area contributed by atoms with Crippen molar-refractivity contribution >= 4 is 5.91 Å². The molecule has 0 radical (unpaired) electrons. The fraction of sp³-hybridized carbons (Fsp3) is 0.667. The Balaban J connectivity index is 2.46. The summed E-state index contributed by atoms with van der Waals surface area (Å²) in [6, 6.07) is 0.399. The van der Waals surface area contributed by atoms with Crippen LogP contribution in [0.4, 0.5) is 0 Å². The van der Waals surface area contributed by atoms with Gasteiger partial charge in [0.15, 0.2) is 0 Å². The molecule has 0 unspecified atom stereocenters. The van der Waals surface area contributed by atoms with E-state index in [4.69, 9.17) is 0 Å². The Morgan fingerprint density at radius 1 is 1.75 bits per heavy atom. The summed E-state index contributed by atoms with van der Waals surface area (Å²) in [6.45, 7) is 8.28. The number of hydrogen-bond donors (Lipinski definition) is 1. The highest BCUT2D eigenvalue weighted by Gasteiger charge is 2.25. The number of rotatable bonds is 4. The van der Waals surface area contributed by atoms with Gasteiger partial charge >= 0.3 is 0 Å². The van der Waals surface area contributed by atoms with E-state index >= 15 is 0 Å². The average Bonchev–Trinajstić information content (AvgIpc) is 1.99. The molecular weight excluding hydrogens is 152 g/mol. The first-order chi connectivity index (χ1) is 5.79. The molecule has 1 fully saturated rings. The highest BCUT2D eigenvalue weighted by Crippen LogP contribution is 2.06. The molecule has 1 heterocycles. The molecule has 0 aromatic carbocycles. The van der Waals surface area contributed by atoms with E-state index in [1.165, 1.54) is 6.08 Å². The van der Waals surface area contributed by atoms with Crippen LogP contribution in [0.15, 0.2) is 12.7 Å². The van der Waals surface area contributed by atoms with Crippen molar-refractivity contribution in [2.24, 2.45) is 0 Å². The number of amides is 1. The van der Waals surface area contributed by atoms with Gasteiger partial charge in [-0.2, -0.15) is 0 Å². The second-order valence-corrected chi connectivity index (χ2v) is 3.05. The highest BCUT2D eigenvalue weighted by atomic mass is 16.2. The molecule has 1 aliphatic rings. The number of carbonyl (C=O) groups is 1. The lowest BCUT2D eigenvalue weighted by atomic mass is 10.1. The van der Waals surface area contributed by atoms with Crippen LogP contribution in [0.3, 0.4) is 0 Å². The van der Waals surface area contributed by atoms with Crippen LogP contribution in [-0.4, -0.2) is 36.5 Å². The van der Waals surface area contributed by atoms with Gasteiger partial charge in [-0.05, 0) is 12.5 Å². The summed E-state index contributed by atoms with van der Waals surface area (Å²) in [4.78, 5) is 13.2. The molecule has 0 bridgehead atoms. The van der Waals surface area contributed by atoms with E-state index in [-0.39, 0.29) is 5.91 Å². The van der Waals surface area contributed by atoms with Crippen LogP contribution >= 0.6 is 0 Å². The van der Waals surface area contributed by atoms with Crippen molar-refractivity contribution < 1.29 is 4.79 Å². The molecule has 68 valence electrons. The van der Waals surface area contributed by atoms with Crippen molar-refractivity contribution in [2.75, 3.05) is 19.6 Å². The van der Waals surface area contributed by atoms with E-state index < -0.39 is 0 Å². The predicted molar refractivity (Wildman–Crippen MR) is 48.9 cm³/mol. The lowest BCUT2D eigenvalue weighted by molar-refractivity contribution is -0.129. The maximum atomic E-state index is 11.3. The molecule has 1 N–H and O–H groups in total. The molecule has 1 saturated heterocycles. The Labute approximate surface area is 73.4 Å². The molecule has 3 heteroatoms. The Hall–Kier alpha value is -0.830. The molecular formula is C9H16N2O. The molecule has 0 saturated carbocycles. The SMILES string of the molecule is C=CC(=O)N(CCC)C1CNC1. The number of nitrogens with one attached hydrogen (secondary N) is 1. The van der Waals surface area contributed by atoms with E-state index in [9.17, 15) is 4.79 Å². The van der Waals surface area contributed by atoms with Gasteiger partial charge in [-0.15, -0.1) is 0 Å². The first-order valence-corrected chi connectivity index (χ1v) is 4.43. The van der Waals surface area contributed by atoms with E-state index in [0.29, 0.717) is 6.04 Å². The van der Waals surface area contributed by atoms with Crippen molar-refractivity contribution in [3.63, 3.8) is 0 Å². The van der Waals surface area contributed by atoms with E-state index in [1.54, 1.807) is 0 Å². The van der Waals surface area contributed by atoms with Gasteiger partial charge in [0.1, 0.15) is 0 Å². The molecule has 3 nitrogen and oxygen atoms in total. The third-order valence-electron chi connectivity index (χ3n) is 2.12. The van der Waals surface area contributed by atoms with Gasteiger partial charge in [0, 0.05) is 19.6 Å². The maximum Gasteiger partial charge on any atom is 0.246 e. The Morgan fingerprint density at radius 2 is 2.42 bits per heavy atom. The van der Waals surface area contributed by atoms with Gasteiger partial charge in [-0.3, -0.25) is 4.79 Å². The average molecular weight is 168 g/mol. The van der Waals surface area contributed by atoms with Gasteiger partial charge in [0.25, 0.3) is 0 Å². The Morgan fingerprint density at radius 3 is 2.75 bits per heavy atom. The summed E-state index contributed by atoms with van der Waals surface area (Å²) in [5, 5.41) is 3.15. The number of hydrogen-bond acceptors (Lipinski definition) is 2. The summed E-state index contributed by atoms with van der Waals surface area (Å²) < 4.78 is 0. The first-order valence-electron chi connectivity index (χ1n) is 4.43. The minimum Gasteiger partial charge on any atom is -0.334 e. The summed E-state index contributed by atoms with van der Waals surface area (Å²) in [6.07, 6.45) is 2.41. The molecule has 1 amide bonds. The van der Waals surface area contributed by atoms with Crippen molar-refractivity contribution in [1.82, 2.24) is 10.2 Å². The largest absolute Gasteiger partial charge is 0.334 e. The molecule has 0 spiro atoms. The molecule has 0 aromatic rings. The van der Waals surface area contributed by atoms with Gasteiger partial charge in [-0.1, -0.05) is 13.5 Å². The zero-order valence-corrected chi connectivity index (χ0v) is 7.55. The number of carbonyl (C=O) groups excluding carboxylic acids is 1. The van der Waals surface area contributed by atoms with Crippen LogP contribution < -0.4 is 5.32 Å². The quantitative estimate of drug-likeness (QED) is 0.616. The second-order valence-electron chi connectivity index (χ2n) is 3.05. The fourth-order valence-corrected chi connectivity index (χ4v) is 1.32. The first kappa shape index (κ1) is 9.26. The lowest BCUT2D eigenvalue weighted by Crippen LogP contribution is -2.58. The molecule has 1 rings (SSSR count). The topological polar surface area (TPSA) is 32.3 Å². The van der Waals surface area contributed by atoms with Crippen LogP contribution in [0.25, 0.3) is 0 Å². The molecule has 12 heavy (non-hydrogen) atoms. The van der Waals surface area contributed by atoms with Gasteiger partial charge in [0.05, 0.1) is 6.04 Å². The van der Waals surface area contributed by atoms with E-state index in [1.807, 2.05) is 4.90 Å². The monoisotopic (exact) mass is 168 g/mol. The molecule has 0 aliphatic carbocycles. The van der Waals surface area contributed by atoms with Crippen molar-refractivity contribution in [1.29, 1.82) is 0 Å². The maximum absolute atomic E-state index is 11.3. The highest BCUT2D eigenvalue weighted by molar-refractivity contribution is 5.87. The minimum absolute atomic E-state index is 0.0587. The Bertz CT molecular complexity index is 175. The predicted octanol–water partition coefficient (Wildman–Crippen LogP) is 0.383. The van der Waals surface area contributed by atoms with Gasteiger partial charge in [-0.25, -0.2) is 0 Å². The van der Waals surface area contributed by atoms with Gasteiger partial charge < -0.3 is 10.2 Å². The Kier molecular flexibility index (Phi) is 3.29. The number of nitrogens with zero attached hydrogens (tertiary/aromatic N) is 1. The van der Waals surface area contributed by atoms with Gasteiger partial charge in [0.2, 0.25) is 5.91 Å². The van der Waals surface area contributed by atoms with Crippen LogP contribution in [0.1, 0.15) is 13.3 Å². The van der Waals surface area contributed by atoms with E-state index in [2.05, 4.69) is 18.8 Å². The second kappa shape index (κ2) is 4.26. The van der Waals surface area contributed by atoms with Crippen molar-refractivity contribution in [3.8, 4) is 0 Å². The van der Waals surface area contributed by atoms with Crippen molar-refractivity contribution in [2.45, 2.75) is 19.4 Å². The summed E-state index contributed by atoms with van der Waals surface area (Å²) in [5.41, 5.74) is 0. The van der Waals surface area contributed by atoms with Crippen LogP contribution in [0.2, 0.25) is 0 Å². The molecule has 1 aliphatic heterocycles. The fourth-order valence-electron chi connectivity index (χ4n) is 1.32. The zero-order chi connectivity index (χ0) is 8.97. The smallest absolute Gasteiger partial charge is 0.246 e. The third-order valence-corrected chi connectivity index (χ3v) is 2.12. The van der Waals surface area contributed by atoms with E-state index in [0.717, 1.165) is 26.1 Å². The van der Waals surface area contributed by atoms with Crippen molar-refractivity contribution in [3.05, 3.63) is 12.7 Å². The summed E-state index contributed by atoms with van der Waals surface area (Å²) in [7, 11) is 0. The lowest BCUT2D eigenvalue weighted by Gasteiger charge is -2.37. The molecule has 0 atom stereocenters. The van der Waals surface area contributed by atoms with Crippen LogP contribution in [0.5, 0.6) is 0 Å². The minimum atomic E-state index is 0.0587. The normalized spacial score (nSPS) is 16.8. The summed E-state index contributed by atoms with van der Waals surface area (Å²) in [5.74, 6) is 0.0587. The third kappa shape index (κ3) is 1.85. The van der Waals surface area contributed by atoms with Crippen LogP contribution in [0, 0.1) is 0 Å². The summed E-state index contributed by atoms with van der Waals surface area (Å²) >= 11 is 0. The molecule has 0 aromatic heterocycles. The van der Waals surface area contributed by atoms with Crippen LogP contribution in [-0.2, 0) is 4.79 Å².